The Hall–Kier alpha value is -3.80. The minimum Gasteiger partial charge on any atom is -0.487 e. The average molecular weight is 381 g/mol. The predicted molar refractivity (Wildman–Crippen MR) is 97.8 cm³/mol. The van der Waals surface area contributed by atoms with Crippen LogP contribution in [0, 0.1) is 17.1 Å². The maximum Gasteiger partial charge on any atom is 0.273 e. The number of anilines is 1. The van der Waals surface area contributed by atoms with Gasteiger partial charge in [-0.1, -0.05) is 0 Å². The zero-order valence-corrected chi connectivity index (χ0v) is 15.0. The number of benzene rings is 1. The highest BCUT2D eigenvalue weighted by Crippen LogP contribution is 2.16. The molecule has 0 atom stereocenters. The number of pyridine rings is 1. The molecule has 9 heteroatoms. The second kappa shape index (κ2) is 8.26. The van der Waals surface area contributed by atoms with Crippen LogP contribution in [0.5, 0.6) is 5.75 Å². The summed E-state index contributed by atoms with van der Waals surface area (Å²) in [7, 11) is 1.50. The van der Waals surface area contributed by atoms with Gasteiger partial charge in [-0.25, -0.2) is 14.4 Å². The van der Waals surface area contributed by atoms with Gasteiger partial charge in [-0.3, -0.25) is 9.59 Å². The van der Waals surface area contributed by atoms with Gasteiger partial charge in [0.15, 0.2) is 0 Å². The number of rotatable bonds is 5. The molecule has 1 aliphatic rings. The zero-order valence-electron chi connectivity index (χ0n) is 15.0. The predicted octanol–water partition coefficient (Wildman–Crippen LogP) is 2.22. The van der Waals surface area contributed by atoms with Gasteiger partial charge in [-0.2, -0.15) is 10.4 Å². The van der Waals surface area contributed by atoms with Crippen molar-refractivity contribution in [3.8, 4) is 11.8 Å². The number of nitriles is 1. The van der Waals surface area contributed by atoms with E-state index in [9.17, 15) is 14.0 Å². The van der Waals surface area contributed by atoms with Crippen LogP contribution in [0.15, 0.2) is 41.6 Å². The first-order valence-electron chi connectivity index (χ1n) is 8.38. The SMILES string of the molecule is CN1N=C(C(=O)Nc2ccc(OCc3cc(F)cc(C#N)c3)cn2)CCC1=O. The van der Waals surface area contributed by atoms with Crippen LogP contribution in [0.1, 0.15) is 24.0 Å². The molecule has 0 aliphatic carbocycles. The van der Waals surface area contributed by atoms with E-state index in [-0.39, 0.29) is 36.6 Å². The Kier molecular flexibility index (Phi) is 5.60. The molecular formula is C19H16FN5O3. The first-order chi connectivity index (χ1) is 13.4. The molecule has 8 nitrogen and oxygen atoms in total. The van der Waals surface area contributed by atoms with E-state index in [1.54, 1.807) is 12.1 Å². The maximum atomic E-state index is 13.4. The number of carbonyl (C=O) groups is 2. The second-order valence-corrected chi connectivity index (χ2v) is 6.05. The number of nitrogens with one attached hydrogen (secondary N) is 1. The molecular weight excluding hydrogens is 365 g/mol. The number of nitrogens with zero attached hydrogens (tertiary/aromatic N) is 4. The van der Waals surface area contributed by atoms with Gasteiger partial charge in [0.25, 0.3) is 5.91 Å². The van der Waals surface area contributed by atoms with Crippen LogP contribution in [-0.2, 0) is 16.2 Å². The largest absolute Gasteiger partial charge is 0.487 e. The summed E-state index contributed by atoms with van der Waals surface area (Å²) in [6, 6.07) is 9.01. The van der Waals surface area contributed by atoms with Gasteiger partial charge in [-0.05, 0) is 35.9 Å². The van der Waals surface area contributed by atoms with Gasteiger partial charge in [0.05, 0.1) is 17.8 Å². The summed E-state index contributed by atoms with van der Waals surface area (Å²) in [6.07, 6.45) is 1.92. The van der Waals surface area contributed by atoms with Crippen LogP contribution in [0.2, 0.25) is 0 Å². The Balaban J connectivity index is 1.59. The van der Waals surface area contributed by atoms with Gasteiger partial charge < -0.3 is 10.1 Å². The molecule has 1 aromatic heterocycles. The third-order valence-electron chi connectivity index (χ3n) is 3.94. The fourth-order valence-corrected chi connectivity index (χ4v) is 2.53. The van der Waals surface area contributed by atoms with Crippen LogP contribution in [0.4, 0.5) is 10.2 Å². The van der Waals surface area contributed by atoms with E-state index < -0.39 is 11.7 Å². The molecule has 28 heavy (non-hydrogen) atoms. The summed E-state index contributed by atoms with van der Waals surface area (Å²) in [5.74, 6) is -0.356. The van der Waals surface area contributed by atoms with Crippen LogP contribution in [-0.4, -0.2) is 34.6 Å². The summed E-state index contributed by atoms with van der Waals surface area (Å²) in [6.45, 7) is 0.0665. The molecule has 0 radical (unpaired) electrons. The van der Waals surface area contributed by atoms with E-state index in [2.05, 4.69) is 15.4 Å². The standard InChI is InChI=1S/C19H16FN5O3/c1-25-18(26)5-3-16(24-25)19(27)23-17-4-2-15(10-22-17)28-11-13-6-12(9-21)7-14(20)8-13/h2,4,6-8,10H,3,5,11H2,1H3,(H,22,23,27). The van der Waals surface area contributed by atoms with Crippen LogP contribution >= 0.6 is 0 Å². The minimum atomic E-state index is -0.508. The molecule has 2 aromatic rings. The van der Waals surface area contributed by atoms with E-state index in [4.69, 9.17) is 10.00 Å². The summed E-state index contributed by atoms with van der Waals surface area (Å²) in [5, 5.41) is 16.6. The van der Waals surface area contributed by atoms with Crippen molar-refractivity contribution < 1.29 is 18.7 Å². The molecule has 0 bridgehead atoms. The van der Waals surface area contributed by atoms with Crippen LogP contribution in [0.3, 0.4) is 0 Å². The molecule has 1 N–H and O–H groups in total. The molecule has 2 amide bonds. The number of aromatic nitrogens is 1. The molecule has 1 aromatic carbocycles. The Morgan fingerprint density at radius 3 is 2.86 bits per heavy atom. The fraction of sp³-hybridized carbons (Fsp3) is 0.211. The quantitative estimate of drug-likeness (QED) is 0.854. The summed E-state index contributed by atoms with van der Waals surface area (Å²) < 4.78 is 19.0. The third-order valence-corrected chi connectivity index (χ3v) is 3.94. The molecule has 2 heterocycles. The van der Waals surface area contributed by atoms with Crippen molar-refractivity contribution in [2.75, 3.05) is 12.4 Å². The van der Waals surface area contributed by atoms with Crippen molar-refractivity contribution in [1.82, 2.24) is 9.99 Å². The Bertz CT molecular complexity index is 982. The molecule has 3 rings (SSSR count). The average Bonchev–Trinajstić information content (AvgIpc) is 2.69. The molecule has 0 unspecified atom stereocenters. The highest BCUT2D eigenvalue weighted by Gasteiger charge is 2.22. The molecule has 1 aliphatic heterocycles. The normalized spacial score (nSPS) is 13.5. The van der Waals surface area contributed by atoms with Gasteiger partial charge in [-0.15, -0.1) is 0 Å². The molecule has 0 saturated carbocycles. The number of halogens is 1. The highest BCUT2D eigenvalue weighted by atomic mass is 19.1. The van der Waals surface area contributed by atoms with Gasteiger partial charge >= 0.3 is 0 Å². The van der Waals surface area contributed by atoms with E-state index in [0.717, 1.165) is 11.1 Å². The first kappa shape index (κ1) is 19.0. The minimum absolute atomic E-state index is 0.0665. The summed E-state index contributed by atoms with van der Waals surface area (Å²) >= 11 is 0. The first-order valence-corrected chi connectivity index (χ1v) is 8.38. The van der Waals surface area contributed by atoms with Crippen molar-refractivity contribution in [1.29, 1.82) is 5.26 Å². The Labute approximate surface area is 160 Å². The van der Waals surface area contributed by atoms with Gasteiger partial charge in [0.2, 0.25) is 5.91 Å². The fourth-order valence-electron chi connectivity index (χ4n) is 2.53. The Morgan fingerprint density at radius 2 is 2.18 bits per heavy atom. The number of hydrogen-bond donors (Lipinski definition) is 1. The van der Waals surface area contributed by atoms with Gasteiger partial charge in [0.1, 0.15) is 29.7 Å². The van der Waals surface area contributed by atoms with E-state index >= 15 is 0 Å². The highest BCUT2D eigenvalue weighted by molar-refractivity contribution is 6.43. The lowest BCUT2D eigenvalue weighted by Gasteiger charge is -2.18. The van der Waals surface area contributed by atoms with Crippen LogP contribution < -0.4 is 10.1 Å². The number of hydrogen-bond acceptors (Lipinski definition) is 6. The Morgan fingerprint density at radius 1 is 1.36 bits per heavy atom. The van der Waals surface area contributed by atoms with Crippen molar-refractivity contribution >= 4 is 23.3 Å². The molecule has 142 valence electrons. The lowest BCUT2D eigenvalue weighted by molar-refractivity contribution is -0.130. The van der Waals surface area contributed by atoms with E-state index in [1.807, 2.05) is 6.07 Å². The third kappa shape index (κ3) is 4.67. The van der Waals surface area contributed by atoms with Gasteiger partial charge in [0, 0.05) is 19.9 Å². The molecule has 0 saturated heterocycles. The summed E-state index contributed by atoms with van der Waals surface area (Å²) in [5.41, 5.74) is 0.985. The number of hydrazone groups is 1. The number of carbonyl (C=O) groups excluding carboxylic acids is 2. The summed E-state index contributed by atoms with van der Waals surface area (Å²) in [4.78, 5) is 27.7. The van der Waals surface area contributed by atoms with E-state index in [1.165, 1.54) is 25.4 Å². The van der Waals surface area contributed by atoms with Crippen molar-refractivity contribution in [2.24, 2.45) is 5.10 Å². The van der Waals surface area contributed by atoms with E-state index in [0.29, 0.717) is 17.1 Å². The second-order valence-electron chi connectivity index (χ2n) is 6.05. The molecule has 0 spiro atoms. The number of ether oxygens (including phenoxy) is 1. The van der Waals surface area contributed by atoms with Crippen molar-refractivity contribution in [2.45, 2.75) is 19.4 Å². The topological polar surface area (TPSA) is 108 Å². The lowest BCUT2D eigenvalue weighted by atomic mass is 10.1. The smallest absolute Gasteiger partial charge is 0.273 e. The monoisotopic (exact) mass is 381 g/mol. The number of amides is 2. The van der Waals surface area contributed by atoms with Crippen LogP contribution in [0.25, 0.3) is 0 Å². The lowest BCUT2D eigenvalue weighted by Crippen LogP contribution is -2.34. The maximum absolute atomic E-state index is 13.4. The van der Waals surface area contributed by atoms with Crippen molar-refractivity contribution in [3.05, 3.63) is 53.5 Å². The van der Waals surface area contributed by atoms with Crippen molar-refractivity contribution in [3.63, 3.8) is 0 Å². The zero-order chi connectivity index (χ0) is 20.1. The molecule has 0 fully saturated rings.